The number of ether oxygens (including phenoxy) is 1. The third-order valence-corrected chi connectivity index (χ3v) is 6.99. The molecule has 34 heavy (non-hydrogen) atoms. The molecular formula is C27H26ClNO4S. The van der Waals surface area contributed by atoms with E-state index in [1.165, 1.54) is 16.2 Å². The zero-order valence-electron chi connectivity index (χ0n) is 19.1. The number of amides is 1. The van der Waals surface area contributed by atoms with Crippen LogP contribution in [0, 0.1) is 6.92 Å². The lowest BCUT2D eigenvalue weighted by atomic mass is 9.99. The summed E-state index contributed by atoms with van der Waals surface area (Å²) >= 11 is 7.64. The number of ketones is 1. The van der Waals surface area contributed by atoms with Gasteiger partial charge in [-0.1, -0.05) is 43.5 Å². The second kappa shape index (κ2) is 10.5. The van der Waals surface area contributed by atoms with Crippen molar-refractivity contribution in [2.75, 3.05) is 11.5 Å². The molecule has 0 spiro atoms. The summed E-state index contributed by atoms with van der Waals surface area (Å²) in [5, 5.41) is 13.6. The van der Waals surface area contributed by atoms with Crippen LogP contribution in [0.4, 0.5) is 5.69 Å². The Morgan fingerprint density at radius 3 is 2.56 bits per heavy atom. The minimum absolute atomic E-state index is 0.0587. The maximum Gasteiger partial charge on any atom is 0.300 e. The number of anilines is 1. The van der Waals surface area contributed by atoms with Gasteiger partial charge >= 0.3 is 0 Å². The molecule has 0 bridgehead atoms. The van der Waals surface area contributed by atoms with Crippen molar-refractivity contribution < 1.29 is 19.4 Å². The number of nitrogens with zero attached hydrogens (tertiary/aromatic N) is 1. The van der Waals surface area contributed by atoms with Gasteiger partial charge in [-0.25, -0.2) is 0 Å². The number of Topliss-reactive ketones (excluding diaryl/α,β-unsaturated/α-hetero) is 1. The number of hydrogen-bond acceptors (Lipinski definition) is 5. The van der Waals surface area contributed by atoms with Crippen LogP contribution < -0.4 is 9.64 Å². The molecule has 0 radical (unpaired) electrons. The van der Waals surface area contributed by atoms with E-state index in [0.717, 1.165) is 29.7 Å². The number of hydrogen-bond donors (Lipinski definition) is 1. The average Bonchev–Trinajstić information content (AvgIpc) is 3.45. The minimum Gasteiger partial charge on any atom is -0.507 e. The molecule has 2 aromatic carbocycles. The first-order chi connectivity index (χ1) is 16.4. The quantitative estimate of drug-likeness (QED) is 0.160. The van der Waals surface area contributed by atoms with Gasteiger partial charge in [0.05, 0.1) is 12.2 Å². The molecule has 1 fully saturated rings. The van der Waals surface area contributed by atoms with Crippen LogP contribution in [-0.2, 0) is 9.59 Å². The molecule has 0 saturated carbocycles. The summed E-state index contributed by atoms with van der Waals surface area (Å²) in [5.74, 6) is -0.940. The summed E-state index contributed by atoms with van der Waals surface area (Å²) in [6.07, 6.45) is 3.20. The highest BCUT2D eigenvalue weighted by molar-refractivity contribution is 7.10. The number of benzene rings is 2. The lowest BCUT2D eigenvalue weighted by molar-refractivity contribution is -0.132. The van der Waals surface area contributed by atoms with Gasteiger partial charge in [-0.05, 0) is 66.8 Å². The van der Waals surface area contributed by atoms with Gasteiger partial charge in [-0.2, -0.15) is 0 Å². The summed E-state index contributed by atoms with van der Waals surface area (Å²) in [6.45, 7) is 4.62. The lowest BCUT2D eigenvalue weighted by Gasteiger charge is -2.25. The Morgan fingerprint density at radius 2 is 1.88 bits per heavy atom. The van der Waals surface area contributed by atoms with Crippen LogP contribution in [0.1, 0.15) is 48.2 Å². The Bertz CT molecular complexity index is 1220. The van der Waals surface area contributed by atoms with Crippen molar-refractivity contribution >= 4 is 46.1 Å². The summed E-state index contributed by atoms with van der Waals surface area (Å²) in [6, 6.07) is 15.1. The molecule has 4 rings (SSSR count). The highest BCUT2D eigenvalue weighted by Crippen LogP contribution is 2.44. The van der Waals surface area contributed by atoms with Crippen LogP contribution in [0.3, 0.4) is 0 Å². The number of carbonyl (C=O) groups is 2. The Morgan fingerprint density at radius 1 is 1.12 bits per heavy atom. The summed E-state index contributed by atoms with van der Waals surface area (Å²) in [4.78, 5) is 28.6. The summed E-state index contributed by atoms with van der Waals surface area (Å²) in [7, 11) is 0. The molecule has 1 atom stereocenters. The normalized spacial score (nSPS) is 17.4. The summed E-state index contributed by atoms with van der Waals surface area (Å²) in [5.41, 5.74) is 1.85. The molecule has 1 N–H and O–H groups in total. The minimum atomic E-state index is -0.748. The molecule has 176 valence electrons. The Hall–Kier alpha value is -3.09. The number of aliphatic hydroxyl groups excluding tert-OH is 1. The van der Waals surface area contributed by atoms with Crippen molar-refractivity contribution in [3.8, 4) is 5.75 Å². The van der Waals surface area contributed by atoms with E-state index >= 15 is 0 Å². The van der Waals surface area contributed by atoms with E-state index in [-0.39, 0.29) is 11.3 Å². The molecule has 1 aliphatic heterocycles. The Kier molecular flexibility index (Phi) is 7.39. The topological polar surface area (TPSA) is 66.8 Å². The maximum absolute atomic E-state index is 13.2. The molecule has 1 aromatic heterocycles. The zero-order valence-corrected chi connectivity index (χ0v) is 20.7. The monoisotopic (exact) mass is 495 g/mol. The van der Waals surface area contributed by atoms with Crippen molar-refractivity contribution in [2.24, 2.45) is 0 Å². The number of halogens is 1. The molecule has 1 unspecified atom stereocenters. The third kappa shape index (κ3) is 4.74. The van der Waals surface area contributed by atoms with Crippen molar-refractivity contribution in [1.29, 1.82) is 0 Å². The average molecular weight is 496 g/mol. The number of rotatable bonds is 8. The zero-order chi connectivity index (χ0) is 24.2. The predicted molar refractivity (Wildman–Crippen MR) is 137 cm³/mol. The molecule has 0 aliphatic carbocycles. The molecule has 1 amide bonds. The van der Waals surface area contributed by atoms with E-state index in [1.54, 1.807) is 36.4 Å². The highest BCUT2D eigenvalue weighted by Gasteiger charge is 2.47. The molecule has 5 nitrogen and oxygen atoms in total. The van der Waals surface area contributed by atoms with Crippen LogP contribution >= 0.6 is 22.9 Å². The van der Waals surface area contributed by atoms with E-state index in [0.29, 0.717) is 28.6 Å². The number of thiophene rings is 1. The van der Waals surface area contributed by atoms with Crippen LogP contribution in [-0.4, -0.2) is 23.4 Å². The van der Waals surface area contributed by atoms with E-state index in [1.807, 2.05) is 30.5 Å². The van der Waals surface area contributed by atoms with Crippen LogP contribution in [0.2, 0.25) is 5.02 Å². The fraction of sp³-hybridized carbons (Fsp3) is 0.259. The SMILES string of the molecule is CCCCCOc1ccc(/C(O)=C2/C(=O)C(=O)N(c3cc(Cl)ccc3C)C2c2cccs2)cc1. The molecule has 3 aromatic rings. The van der Waals surface area contributed by atoms with Gasteiger partial charge < -0.3 is 9.84 Å². The fourth-order valence-electron chi connectivity index (χ4n) is 4.05. The van der Waals surface area contributed by atoms with Crippen LogP contribution in [0.5, 0.6) is 5.75 Å². The molecule has 1 saturated heterocycles. The van der Waals surface area contributed by atoms with E-state index in [2.05, 4.69) is 6.92 Å². The predicted octanol–water partition coefficient (Wildman–Crippen LogP) is 6.91. The van der Waals surface area contributed by atoms with Gasteiger partial charge in [0.25, 0.3) is 11.7 Å². The summed E-state index contributed by atoms with van der Waals surface area (Å²) < 4.78 is 5.75. The molecule has 1 aliphatic rings. The first-order valence-electron chi connectivity index (χ1n) is 11.3. The largest absolute Gasteiger partial charge is 0.507 e. The number of aryl methyl sites for hydroxylation is 1. The van der Waals surface area contributed by atoms with Gasteiger partial charge in [0.1, 0.15) is 17.6 Å². The van der Waals surface area contributed by atoms with E-state index < -0.39 is 17.7 Å². The van der Waals surface area contributed by atoms with E-state index in [4.69, 9.17) is 16.3 Å². The Balaban J connectivity index is 1.74. The number of unbranched alkanes of at least 4 members (excludes halogenated alkanes) is 2. The van der Waals surface area contributed by atoms with Crippen molar-refractivity contribution in [2.45, 2.75) is 39.2 Å². The lowest BCUT2D eigenvalue weighted by Crippen LogP contribution is -2.29. The van der Waals surface area contributed by atoms with Gasteiger partial charge in [-0.15, -0.1) is 11.3 Å². The standard InChI is InChI=1S/C27H26ClNO4S/c1-3-4-5-14-33-20-12-9-18(10-13-20)25(30)23-24(22-7-6-15-34-22)29(27(32)26(23)31)21-16-19(28)11-8-17(21)2/h6-13,15-16,24,30H,3-5,14H2,1-2H3/b25-23-. The smallest absolute Gasteiger partial charge is 0.300 e. The van der Waals surface area contributed by atoms with Gasteiger partial charge in [0, 0.05) is 21.2 Å². The Labute approximate surface area is 208 Å². The number of aliphatic hydroxyl groups is 1. The van der Waals surface area contributed by atoms with Gasteiger partial charge in [0.2, 0.25) is 0 Å². The molecule has 2 heterocycles. The first kappa shape index (κ1) is 24.0. The van der Waals surface area contributed by atoms with Gasteiger partial charge in [0.15, 0.2) is 0 Å². The van der Waals surface area contributed by atoms with Crippen LogP contribution in [0.15, 0.2) is 65.6 Å². The highest BCUT2D eigenvalue weighted by atomic mass is 35.5. The van der Waals surface area contributed by atoms with Crippen molar-refractivity contribution in [3.05, 3.63) is 86.6 Å². The second-order valence-corrected chi connectivity index (χ2v) is 9.61. The van der Waals surface area contributed by atoms with Crippen molar-refractivity contribution in [1.82, 2.24) is 0 Å². The molecular weight excluding hydrogens is 470 g/mol. The van der Waals surface area contributed by atoms with E-state index in [9.17, 15) is 14.7 Å². The van der Waals surface area contributed by atoms with Crippen LogP contribution in [0.25, 0.3) is 5.76 Å². The molecule has 7 heteroatoms. The first-order valence-corrected chi connectivity index (χ1v) is 12.5. The van der Waals surface area contributed by atoms with Gasteiger partial charge in [-0.3, -0.25) is 14.5 Å². The number of carbonyl (C=O) groups excluding carboxylic acids is 2. The third-order valence-electron chi connectivity index (χ3n) is 5.83. The maximum atomic E-state index is 13.2. The second-order valence-electron chi connectivity index (χ2n) is 8.20. The van der Waals surface area contributed by atoms with Crippen molar-refractivity contribution in [3.63, 3.8) is 0 Å². The fourth-order valence-corrected chi connectivity index (χ4v) is 5.04.